The lowest BCUT2D eigenvalue weighted by molar-refractivity contribution is -0.130. The number of carbonyl (C=O) groups excluding carboxylic acids is 1. The van der Waals surface area contributed by atoms with Crippen LogP contribution in [0.15, 0.2) is 38.7 Å². The maximum atomic E-state index is 11.9. The van der Waals surface area contributed by atoms with Gasteiger partial charge in [-0.25, -0.2) is 9.98 Å². The summed E-state index contributed by atoms with van der Waals surface area (Å²) in [5.74, 6) is 1.55. The summed E-state index contributed by atoms with van der Waals surface area (Å²) >= 11 is 3.47. The fourth-order valence-corrected chi connectivity index (χ4v) is 3.79. The van der Waals surface area contributed by atoms with E-state index < -0.39 is 5.66 Å². The molecule has 0 bridgehead atoms. The number of nitrogens with two attached hydrogens (primary N) is 1. The van der Waals surface area contributed by atoms with E-state index in [4.69, 9.17) is 10.7 Å². The van der Waals surface area contributed by atoms with Crippen LogP contribution in [0.5, 0.6) is 0 Å². The summed E-state index contributed by atoms with van der Waals surface area (Å²) in [7, 11) is 3.60. The highest BCUT2D eigenvalue weighted by atomic mass is 79.9. The lowest BCUT2D eigenvalue weighted by Gasteiger charge is -2.37. The summed E-state index contributed by atoms with van der Waals surface area (Å²) in [5, 5.41) is 6.27. The molecule has 0 saturated heterocycles. The van der Waals surface area contributed by atoms with Crippen molar-refractivity contribution in [1.29, 1.82) is 0 Å². The van der Waals surface area contributed by atoms with E-state index in [1.54, 1.807) is 19.0 Å². The number of amides is 1. The van der Waals surface area contributed by atoms with Crippen LogP contribution in [0, 0.1) is 5.92 Å². The van der Waals surface area contributed by atoms with Gasteiger partial charge in [0.1, 0.15) is 0 Å². The van der Waals surface area contributed by atoms with Crippen LogP contribution in [0.2, 0.25) is 0 Å². The summed E-state index contributed by atoms with van der Waals surface area (Å²) in [4.78, 5) is 23.0. The van der Waals surface area contributed by atoms with Crippen molar-refractivity contribution in [1.82, 2.24) is 10.2 Å². The Bertz CT molecular complexity index is 737. The van der Waals surface area contributed by atoms with Crippen molar-refractivity contribution in [2.75, 3.05) is 19.4 Å². The van der Waals surface area contributed by atoms with Gasteiger partial charge in [-0.1, -0.05) is 22.0 Å². The molecule has 1 saturated carbocycles. The molecule has 0 unspecified atom stereocenters. The zero-order valence-electron chi connectivity index (χ0n) is 15.1. The van der Waals surface area contributed by atoms with E-state index in [1.165, 1.54) is 0 Å². The van der Waals surface area contributed by atoms with Gasteiger partial charge in [-0.2, -0.15) is 0 Å². The zero-order valence-corrected chi connectivity index (χ0v) is 16.7. The number of nitrogens with zero attached hydrogens (tertiary/aromatic N) is 3. The summed E-state index contributed by atoms with van der Waals surface area (Å²) in [6.45, 7) is 0. The Labute approximate surface area is 162 Å². The predicted octanol–water partition coefficient (Wildman–Crippen LogP) is 2.50. The first-order valence-corrected chi connectivity index (χ1v) is 9.59. The Morgan fingerprint density at radius 3 is 2.77 bits per heavy atom. The maximum absolute atomic E-state index is 11.9. The number of nitrogens with one attached hydrogen (secondary N) is 2. The highest BCUT2D eigenvalue weighted by molar-refractivity contribution is 9.10. The first-order valence-electron chi connectivity index (χ1n) is 8.80. The van der Waals surface area contributed by atoms with Crippen molar-refractivity contribution in [3.8, 4) is 0 Å². The summed E-state index contributed by atoms with van der Waals surface area (Å²) in [6.07, 6.45) is 4.02. The summed E-state index contributed by atoms with van der Waals surface area (Å²) in [6, 6.07) is 7.86. The molecule has 26 heavy (non-hydrogen) atoms. The minimum Gasteiger partial charge on any atom is -0.370 e. The van der Waals surface area contributed by atoms with Crippen LogP contribution in [0.4, 0.5) is 5.69 Å². The smallest absolute Gasteiger partial charge is 0.222 e. The summed E-state index contributed by atoms with van der Waals surface area (Å²) < 4.78 is 0.987. The van der Waals surface area contributed by atoms with E-state index in [2.05, 4.69) is 31.6 Å². The quantitative estimate of drug-likeness (QED) is 0.699. The molecule has 3 rings (SSSR count). The SMILES string of the molecule is CN(C)C(=O)CC1CCC2(CC1)N=C(N)NC(Nc1cccc(Br)c1)=N2. The van der Waals surface area contributed by atoms with Crippen molar-refractivity contribution in [2.45, 2.75) is 37.8 Å². The van der Waals surface area contributed by atoms with Crippen LogP contribution in [-0.4, -0.2) is 42.5 Å². The maximum Gasteiger partial charge on any atom is 0.222 e. The number of halogens is 1. The Hall–Kier alpha value is -2.09. The molecule has 1 aliphatic heterocycles. The molecule has 0 aromatic heterocycles. The molecular weight excluding hydrogens is 396 g/mol. The molecule has 4 N–H and O–H groups in total. The van der Waals surface area contributed by atoms with E-state index in [-0.39, 0.29) is 5.91 Å². The first-order chi connectivity index (χ1) is 12.3. The van der Waals surface area contributed by atoms with E-state index in [0.717, 1.165) is 35.8 Å². The molecule has 1 fully saturated rings. The summed E-state index contributed by atoms with van der Waals surface area (Å²) in [5.41, 5.74) is 6.41. The highest BCUT2D eigenvalue weighted by Gasteiger charge is 2.38. The number of aliphatic imine (C=N–C) groups is 2. The second kappa shape index (κ2) is 7.65. The van der Waals surface area contributed by atoms with Crippen molar-refractivity contribution in [3.05, 3.63) is 28.7 Å². The van der Waals surface area contributed by atoms with Crippen molar-refractivity contribution in [3.63, 3.8) is 0 Å². The largest absolute Gasteiger partial charge is 0.370 e. The molecule has 1 aromatic carbocycles. The molecule has 1 amide bonds. The molecule has 1 aliphatic carbocycles. The molecule has 1 heterocycles. The zero-order chi connectivity index (χ0) is 18.7. The van der Waals surface area contributed by atoms with Gasteiger partial charge in [0.2, 0.25) is 11.9 Å². The van der Waals surface area contributed by atoms with E-state index in [1.807, 2.05) is 24.3 Å². The second-order valence-electron chi connectivity index (χ2n) is 7.14. The van der Waals surface area contributed by atoms with Gasteiger partial charge in [-0.05, 0) is 49.8 Å². The Morgan fingerprint density at radius 2 is 2.12 bits per heavy atom. The number of carbonyl (C=O) groups is 1. The van der Waals surface area contributed by atoms with Crippen molar-refractivity contribution < 1.29 is 4.79 Å². The number of benzene rings is 1. The molecule has 2 aliphatic rings. The number of hydrogen-bond donors (Lipinski definition) is 3. The van der Waals surface area contributed by atoms with E-state index in [0.29, 0.717) is 24.3 Å². The van der Waals surface area contributed by atoms with Crippen LogP contribution < -0.4 is 16.4 Å². The third-order valence-corrected chi connectivity index (χ3v) is 5.34. The molecule has 140 valence electrons. The van der Waals surface area contributed by atoms with Crippen molar-refractivity contribution in [2.24, 2.45) is 21.6 Å². The Balaban J connectivity index is 1.68. The van der Waals surface area contributed by atoms with Crippen LogP contribution in [-0.2, 0) is 4.79 Å². The van der Waals surface area contributed by atoms with E-state index in [9.17, 15) is 4.79 Å². The normalized spacial score (nSPS) is 25.1. The van der Waals surface area contributed by atoms with Gasteiger partial charge in [0.25, 0.3) is 0 Å². The monoisotopic (exact) mass is 420 g/mol. The Morgan fingerprint density at radius 1 is 1.38 bits per heavy atom. The molecule has 1 spiro atoms. The van der Waals surface area contributed by atoms with Gasteiger partial charge in [-0.15, -0.1) is 0 Å². The van der Waals surface area contributed by atoms with Gasteiger partial charge in [0, 0.05) is 30.7 Å². The lowest BCUT2D eigenvalue weighted by Crippen LogP contribution is -2.49. The van der Waals surface area contributed by atoms with Crippen LogP contribution in [0.3, 0.4) is 0 Å². The number of guanidine groups is 2. The number of hydrogen-bond acceptors (Lipinski definition) is 6. The molecule has 0 radical (unpaired) electrons. The third kappa shape index (κ3) is 4.55. The average Bonchev–Trinajstić information content (AvgIpc) is 2.56. The lowest BCUT2D eigenvalue weighted by atomic mass is 9.80. The molecule has 0 atom stereocenters. The van der Waals surface area contributed by atoms with Crippen LogP contribution in [0.1, 0.15) is 32.1 Å². The predicted molar refractivity (Wildman–Crippen MR) is 108 cm³/mol. The average molecular weight is 421 g/mol. The highest BCUT2D eigenvalue weighted by Crippen LogP contribution is 2.38. The molecular formula is C18H25BrN6O. The second-order valence-corrected chi connectivity index (χ2v) is 8.05. The van der Waals surface area contributed by atoms with E-state index >= 15 is 0 Å². The van der Waals surface area contributed by atoms with Crippen LogP contribution in [0.25, 0.3) is 0 Å². The third-order valence-electron chi connectivity index (χ3n) is 4.85. The fourth-order valence-electron chi connectivity index (χ4n) is 3.39. The number of anilines is 1. The molecule has 7 nitrogen and oxygen atoms in total. The van der Waals surface area contributed by atoms with Gasteiger partial charge < -0.3 is 16.0 Å². The van der Waals surface area contributed by atoms with Crippen molar-refractivity contribution >= 4 is 39.4 Å². The Kier molecular flexibility index (Phi) is 5.50. The van der Waals surface area contributed by atoms with Gasteiger partial charge in [-0.3, -0.25) is 10.1 Å². The minimum absolute atomic E-state index is 0.180. The fraction of sp³-hybridized carbons (Fsp3) is 0.500. The standard InChI is InChI=1S/C18H25BrN6O/c1-25(2)15(26)10-12-6-8-18(9-7-12)23-16(20)22-17(24-18)21-14-5-3-4-13(19)11-14/h3-5,11-12H,6-10H2,1-2H3,(H4,20,21,22,23,24). The molecule has 1 aromatic rings. The van der Waals surface area contributed by atoms with Gasteiger partial charge in [0.15, 0.2) is 11.6 Å². The number of rotatable bonds is 3. The van der Waals surface area contributed by atoms with Gasteiger partial charge in [0.05, 0.1) is 0 Å². The molecule has 8 heteroatoms. The van der Waals surface area contributed by atoms with Gasteiger partial charge >= 0.3 is 0 Å². The topological polar surface area (TPSA) is 95.1 Å². The minimum atomic E-state index is -0.526. The first kappa shape index (κ1) is 18.7. The van der Waals surface area contributed by atoms with Crippen LogP contribution >= 0.6 is 15.9 Å².